The summed E-state index contributed by atoms with van der Waals surface area (Å²) in [5.74, 6) is 0.820. The molecule has 0 radical (unpaired) electrons. The Kier molecular flexibility index (Phi) is 8.26. The van der Waals surface area contributed by atoms with E-state index in [1.54, 1.807) is 0 Å². The minimum Gasteiger partial charge on any atom is -0.490 e. The summed E-state index contributed by atoms with van der Waals surface area (Å²) in [5.41, 5.74) is 2.19. The van der Waals surface area contributed by atoms with Gasteiger partial charge < -0.3 is 15.2 Å². The van der Waals surface area contributed by atoms with Crippen LogP contribution in [0.15, 0.2) is 54.6 Å². The summed E-state index contributed by atoms with van der Waals surface area (Å²) < 4.78 is 5.90. The first-order valence-corrected chi connectivity index (χ1v) is 9.01. The Labute approximate surface area is 156 Å². The monoisotopic (exact) mass is 361 g/mol. The lowest BCUT2D eigenvalue weighted by Crippen LogP contribution is -2.39. The maximum Gasteiger partial charge on any atom is 0.127 e. The molecule has 3 rings (SSSR count). The second kappa shape index (κ2) is 10.4. The van der Waals surface area contributed by atoms with E-state index in [-0.39, 0.29) is 12.4 Å². The van der Waals surface area contributed by atoms with Gasteiger partial charge in [-0.3, -0.25) is 0 Å². The quantitative estimate of drug-likeness (QED) is 0.766. The van der Waals surface area contributed by atoms with Gasteiger partial charge in [0.25, 0.3) is 0 Å². The van der Waals surface area contributed by atoms with E-state index >= 15 is 0 Å². The number of hydrogen-bond donors (Lipinski definition) is 2. The summed E-state index contributed by atoms with van der Waals surface area (Å²) in [7, 11) is 0. The van der Waals surface area contributed by atoms with Crippen LogP contribution in [-0.2, 0) is 0 Å². The third-order valence-corrected chi connectivity index (χ3v) is 4.65. The summed E-state index contributed by atoms with van der Waals surface area (Å²) >= 11 is 0. The molecule has 0 spiro atoms. The molecule has 0 saturated heterocycles. The highest BCUT2D eigenvalue weighted by Crippen LogP contribution is 2.29. The largest absolute Gasteiger partial charge is 0.490 e. The molecule has 25 heavy (non-hydrogen) atoms. The van der Waals surface area contributed by atoms with Crippen molar-refractivity contribution in [3.05, 3.63) is 54.6 Å². The van der Waals surface area contributed by atoms with Gasteiger partial charge >= 0.3 is 0 Å². The molecule has 136 valence electrons. The van der Waals surface area contributed by atoms with Crippen LogP contribution in [0.5, 0.6) is 5.75 Å². The van der Waals surface area contributed by atoms with E-state index in [1.165, 1.54) is 32.1 Å². The first-order valence-electron chi connectivity index (χ1n) is 9.01. The van der Waals surface area contributed by atoms with Gasteiger partial charge in [0.05, 0.1) is 0 Å². The summed E-state index contributed by atoms with van der Waals surface area (Å²) in [6, 6.07) is 18.8. The van der Waals surface area contributed by atoms with Crippen LogP contribution in [0.3, 0.4) is 0 Å². The first kappa shape index (κ1) is 19.8. The van der Waals surface area contributed by atoms with Gasteiger partial charge in [-0.25, -0.2) is 0 Å². The molecule has 1 fully saturated rings. The van der Waals surface area contributed by atoms with Crippen LogP contribution >= 0.6 is 12.4 Å². The van der Waals surface area contributed by atoms with Crippen LogP contribution in [0.4, 0.5) is 0 Å². The number of aliphatic hydroxyl groups is 1. The van der Waals surface area contributed by atoms with Crippen molar-refractivity contribution in [2.24, 2.45) is 0 Å². The summed E-state index contributed by atoms with van der Waals surface area (Å²) in [6.45, 7) is 0.905. The molecule has 0 heterocycles. The second-order valence-electron chi connectivity index (χ2n) is 6.57. The predicted octanol–water partition coefficient (Wildman–Crippen LogP) is 4.44. The Morgan fingerprint density at radius 2 is 1.64 bits per heavy atom. The van der Waals surface area contributed by atoms with E-state index < -0.39 is 6.10 Å². The molecule has 2 N–H and O–H groups in total. The smallest absolute Gasteiger partial charge is 0.127 e. The van der Waals surface area contributed by atoms with E-state index in [2.05, 4.69) is 23.5 Å². The molecule has 1 aliphatic carbocycles. The van der Waals surface area contributed by atoms with Crippen LogP contribution in [0.1, 0.15) is 32.1 Å². The average Bonchev–Trinajstić information content (AvgIpc) is 2.66. The number of halogens is 1. The number of ether oxygens (including phenoxy) is 1. The van der Waals surface area contributed by atoms with Gasteiger partial charge in [0, 0.05) is 18.2 Å². The zero-order valence-electron chi connectivity index (χ0n) is 14.6. The number of hydrogen-bond acceptors (Lipinski definition) is 3. The molecule has 1 unspecified atom stereocenters. The molecule has 3 nitrogen and oxygen atoms in total. The number of rotatable bonds is 7. The van der Waals surface area contributed by atoms with E-state index in [4.69, 9.17) is 4.74 Å². The lowest BCUT2D eigenvalue weighted by atomic mass is 9.95. The average molecular weight is 362 g/mol. The Morgan fingerprint density at radius 3 is 2.40 bits per heavy atom. The topological polar surface area (TPSA) is 41.5 Å². The molecule has 2 aromatic rings. The minimum atomic E-state index is -0.490. The molecule has 1 atom stereocenters. The highest BCUT2D eigenvalue weighted by molar-refractivity contribution is 5.85. The highest BCUT2D eigenvalue weighted by Gasteiger charge is 2.15. The predicted molar refractivity (Wildman–Crippen MR) is 106 cm³/mol. The maximum atomic E-state index is 10.2. The van der Waals surface area contributed by atoms with Crippen molar-refractivity contribution in [1.82, 2.24) is 5.32 Å². The third kappa shape index (κ3) is 6.03. The number of aliphatic hydroxyl groups excluding tert-OH is 1. The lowest BCUT2D eigenvalue weighted by molar-refractivity contribution is 0.102. The van der Waals surface area contributed by atoms with Crippen molar-refractivity contribution >= 4 is 12.4 Å². The van der Waals surface area contributed by atoms with E-state index in [0.717, 1.165) is 16.9 Å². The van der Waals surface area contributed by atoms with Crippen LogP contribution in [0.25, 0.3) is 11.1 Å². The Morgan fingerprint density at radius 1 is 0.960 bits per heavy atom. The van der Waals surface area contributed by atoms with Gasteiger partial charge in [0.1, 0.15) is 18.5 Å². The van der Waals surface area contributed by atoms with Crippen molar-refractivity contribution in [3.8, 4) is 16.9 Å². The zero-order chi connectivity index (χ0) is 16.6. The highest BCUT2D eigenvalue weighted by atomic mass is 35.5. The van der Waals surface area contributed by atoms with Crippen LogP contribution in [0, 0.1) is 0 Å². The normalized spacial score (nSPS) is 16.0. The summed E-state index contributed by atoms with van der Waals surface area (Å²) in [5, 5.41) is 13.7. The standard InChI is InChI=1S/C21H27NO2.ClH/c23-19(15-22-18-11-5-2-6-12-18)16-24-21-14-8-7-13-20(21)17-9-3-1-4-10-17;/h1,3-4,7-10,13-14,18-19,22-23H,2,5-6,11-12,15-16H2;1H. The molecular weight excluding hydrogens is 334 g/mol. The van der Waals surface area contributed by atoms with Crippen molar-refractivity contribution in [1.29, 1.82) is 0 Å². The van der Waals surface area contributed by atoms with Crippen LogP contribution in [-0.4, -0.2) is 30.4 Å². The Hall–Kier alpha value is -1.55. The minimum absolute atomic E-state index is 0. The van der Waals surface area contributed by atoms with E-state index in [9.17, 15) is 5.11 Å². The first-order chi connectivity index (χ1) is 11.8. The molecule has 1 saturated carbocycles. The zero-order valence-corrected chi connectivity index (χ0v) is 15.4. The molecule has 0 aromatic heterocycles. The van der Waals surface area contributed by atoms with Crippen molar-refractivity contribution < 1.29 is 9.84 Å². The molecular formula is C21H28ClNO2. The molecule has 4 heteroatoms. The Balaban J connectivity index is 0.00000225. The SMILES string of the molecule is Cl.OC(CNC1CCCCC1)COc1ccccc1-c1ccccc1. The molecule has 0 amide bonds. The second-order valence-corrected chi connectivity index (χ2v) is 6.57. The van der Waals surface area contributed by atoms with Gasteiger partial charge in [0.15, 0.2) is 0 Å². The van der Waals surface area contributed by atoms with E-state index in [0.29, 0.717) is 19.2 Å². The molecule has 2 aromatic carbocycles. The number of nitrogens with one attached hydrogen (secondary N) is 1. The number of benzene rings is 2. The van der Waals surface area contributed by atoms with Gasteiger partial charge in [-0.05, 0) is 24.5 Å². The van der Waals surface area contributed by atoms with E-state index in [1.807, 2.05) is 36.4 Å². The molecule has 1 aliphatic rings. The summed E-state index contributed by atoms with van der Waals surface area (Å²) in [4.78, 5) is 0. The maximum absolute atomic E-state index is 10.2. The summed E-state index contributed by atoms with van der Waals surface area (Å²) in [6.07, 6.45) is 5.91. The fraction of sp³-hybridized carbons (Fsp3) is 0.429. The van der Waals surface area contributed by atoms with Gasteiger partial charge in [-0.2, -0.15) is 0 Å². The lowest BCUT2D eigenvalue weighted by Gasteiger charge is -2.24. The fourth-order valence-corrected chi connectivity index (χ4v) is 3.30. The molecule has 0 aliphatic heterocycles. The third-order valence-electron chi connectivity index (χ3n) is 4.65. The molecule has 0 bridgehead atoms. The fourth-order valence-electron chi connectivity index (χ4n) is 3.30. The number of para-hydroxylation sites is 1. The van der Waals surface area contributed by atoms with Crippen molar-refractivity contribution in [2.45, 2.75) is 44.2 Å². The Bertz CT molecular complexity index is 614. The van der Waals surface area contributed by atoms with Crippen molar-refractivity contribution in [2.75, 3.05) is 13.2 Å². The van der Waals surface area contributed by atoms with Gasteiger partial charge in [0.2, 0.25) is 0 Å². The van der Waals surface area contributed by atoms with Crippen LogP contribution < -0.4 is 10.1 Å². The van der Waals surface area contributed by atoms with Crippen LogP contribution in [0.2, 0.25) is 0 Å². The van der Waals surface area contributed by atoms with Gasteiger partial charge in [-0.15, -0.1) is 12.4 Å². The van der Waals surface area contributed by atoms with Gasteiger partial charge in [-0.1, -0.05) is 67.8 Å². The van der Waals surface area contributed by atoms with Crippen molar-refractivity contribution in [3.63, 3.8) is 0 Å².